The normalized spacial score (nSPS) is 16.9. The van der Waals surface area contributed by atoms with E-state index in [2.05, 4.69) is 20.6 Å². The van der Waals surface area contributed by atoms with E-state index < -0.39 is 0 Å². The lowest BCUT2D eigenvalue weighted by molar-refractivity contribution is 0.196. The molecule has 1 unspecified atom stereocenters. The zero-order chi connectivity index (χ0) is 18.6. The van der Waals surface area contributed by atoms with Crippen LogP contribution in [0.1, 0.15) is 12.8 Å². The summed E-state index contributed by atoms with van der Waals surface area (Å²) >= 11 is 1.35. The number of nitrogens with one attached hydrogen (secondary N) is 2. The predicted octanol–water partition coefficient (Wildman–Crippen LogP) is 3.81. The summed E-state index contributed by atoms with van der Waals surface area (Å²) in [5.74, 6) is 0.537. The number of pyridine rings is 1. The van der Waals surface area contributed by atoms with Crippen molar-refractivity contribution in [1.29, 1.82) is 0 Å². The van der Waals surface area contributed by atoms with E-state index >= 15 is 0 Å². The molecule has 8 heteroatoms. The van der Waals surface area contributed by atoms with Crippen LogP contribution in [0.15, 0.2) is 42.5 Å². The Hall–Kier alpha value is -2.87. The number of anilines is 2. The second-order valence-corrected chi connectivity index (χ2v) is 7.40. The summed E-state index contributed by atoms with van der Waals surface area (Å²) in [5, 5.41) is 6.96. The highest BCUT2D eigenvalue weighted by Gasteiger charge is 2.24. The highest BCUT2D eigenvalue weighted by atomic mass is 32.1. The lowest BCUT2D eigenvalue weighted by atomic mass is 10.1. The van der Waals surface area contributed by atoms with Gasteiger partial charge in [0.05, 0.1) is 7.11 Å². The van der Waals surface area contributed by atoms with Crippen molar-refractivity contribution in [3.05, 3.63) is 42.5 Å². The summed E-state index contributed by atoms with van der Waals surface area (Å²) in [6.07, 6.45) is 2.01. The molecule has 0 radical (unpaired) electrons. The molecule has 3 heterocycles. The van der Waals surface area contributed by atoms with Gasteiger partial charge in [-0.05, 0) is 31.0 Å². The monoisotopic (exact) mass is 383 g/mol. The first-order valence-corrected chi connectivity index (χ1v) is 9.72. The van der Waals surface area contributed by atoms with Gasteiger partial charge in [-0.3, -0.25) is 5.32 Å². The molecule has 0 spiro atoms. The highest BCUT2D eigenvalue weighted by Crippen LogP contribution is 2.26. The number of carbonyl (C=O) groups is 1. The van der Waals surface area contributed by atoms with Gasteiger partial charge in [-0.15, -0.1) is 0 Å². The summed E-state index contributed by atoms with van der Waals surface area (Å²) in [7, 11) is 1.58. The zero-order valence-electron chi connectivity index (χ0n) is 15.0. The van der Waals surface area contributed by atoms with E-state index in [0.717, 1.165) is 35.4 Å². The van der Waals surface area contributed by atoms with Crippen molar-refractivity contribution in [3.63, 3.8) is 0 Å². The van der Waals surface area contributed by atoms with Crippen molar-refractivity contribution >= 4 is 38.5 Å². The van der Waals surface area contributed by atoms with Gasteiger partial charge >= 0.3 is 6.03 Å². The first-order valence-electron chi connectivity index (χ1n) is 8.90. The van der Waals surface area contributed by atoms with Gasteiger partial charge in [-0.2, -0.15) is 0 Å². The molecule has 27 heavy (non-hydrogen) atoms. The van der Waals surface area contributed by atoms with Crippen LogP contribution in [-0.2, 0) is 0 Å². The molecule has 140 valence electrons. The molecule has 1 atom stereocenters. The number of rotatable bonds is 4. The summed E-state index contributed by atoms with van der Waals surface area (Å²) in [4.78, 5) is 24.0. The SMILES string of the molecule is COc1ccc2nc(NC(=O)N3CCCC(Nc4ccccc4)C3)sc2n1. The van der Waals surface area contributed by atoms with Gasteiger partial charge in [0.25, 0.3) is 0 Å². The summed E-state index contributed by atoms with van der Waals surface area (Å²) in [6.45, 7) is 1.41. The minimum absolute atomic E-state index is 0.124. The number of benzene rings is 1. The molecular weight excluding hydrogens is 362 g/mol. The van der Waals surface area contributed by atoms with Gasteiger partial charge in [0, 0.05) is 30.9 Å². The lowest BCUT2D eigenvalue weighted by Crippen LogP contribution is -2.46. The number of nitrogens with zero attached hydrogens (tertiary/aromatic N) is 3. The molecule has 7 nitrogen and oxygen atoms in total. The van der Waals surface area contributed by atoms with Gasteiger partial charge in [0.15, 0.2) is 5.13 Å². The van der Waals surface area contributed by atoms with Crippen molar-refractivity contribution in [1.82, 2.24) is 14.9 Å². The molecule has 3 aromatic rings. The number of likely N-dealkylation sites (tertiary alicyclic amines) is 1. The molecule has 1 aliphatic heterocycles. The number of piperidine rings is 1. The summed E-state index contributed by atoms with van der Waals surface area (Å²) in [5.41, 5.74) is 1.83. The Morgan fingerprint density at radius 1 is 1.22 bits per heavy atom. The van der Waals surface area contributed by atoms with Crippen LogP contribution in [0.25, 0.3) is 10.3 Å². The third-order valence-corrected chi connectivity index (χ3v) is 5.39. The van der Waals surface area contributed by atoms with E-state index in [-0.39, 0.29) is 12.1 Å². The van der Waals surface area contributed by atoms with E-state index in [1.54, 1.807) is 13.2 Å². The summed E-state index contributed by atoms with van der Waals surface area (Å²) in [6, 6.07) is 13.8. The quantitative estimate of drug-likeness (QED) is 0.716. The van der Waals surface area contributed by atoms with Crippen molar-refractivity contribution in [2.75, 3.05) is 30.8 Å². The van der Waals surface area contributed by atoms with Gasteiger partial charge in [0.1, 0.15) is 10.3 Å². The van der Waals surface area contributed by atoms with Crippen LogP contribution in [0.5, 0.6) is 5.88 Å². The van der Waals surface area contributed by atoms with Crippen LogP contribution in [0.4, 0.5) is 15.6 Å². The second-order valence-electron chi connectivity index (χ2n) is 6.42. The maximum absolute atomic E-state index is 12.7. The smallest absolute Gasteiger partial charge is 0.323 e. The minimum Gasteiger partial charge on any atom is -0.481 e. The number of amides is 2. The molecular formula is C19H21N5O2S. The van der Waals surface area contributed by atoms with Crippen LogP contribution in [-0.4, -0.2) is 47.1 Å². The molecule has 2 aromatic heterocycles. The molecule has 0 aliphatic carbocycles. The fourth-order valence-corrected chi connectivity index (χ4v) is 4.01. The van der Waals surface area contributed by atoms with Crippen LogP contribution in [0, 0.1) is 0 Å². The van der Waals surface area contributed by atoms with Crippen molar-refractivity contribution < 1.29 is 9.53 Å². The number of carbonyl (C=O) groups excluding carboxylic acids is 1. The molecule has 1 aromatic carbocycles. The number of urea groups is 1. The minimum atomic E-state index is -0.124. The van der Waals surface area contributed by atoms with Crippen LogP contribution >= 0.6 is 11.3 Å². The number of hydrogen-bond donors (Lipinski definition) is 2. The van der Waals surface area contributed by atoms with Gasteiger partial charge in [-0.1, -0.05) is 29.5 Å². The molecule has 1 fully saturated rings. The molecule has 2 N–H and O–H groups in total. The number of aromatic nitrogens is 2. The Bertz CT molecular complexity index is 930. The Balaban J connectivity index is 1.40. The van der Waals surface area contributed by atoms with Gasteiger partial charge in [0.2, 0.25) is 5.88 Å². The number of ether oxygens (including phenoxy) is 1. The van der Waals surface area contributed by atoms with E-state index in [0.29, 0.717) is 17.6 Å². The third kappa shape index (κ3) is 4.11. The Labute approximate surface area is 161 Å². The molecule has 1 aliphatic rings. The van der Waals surface area contributed by atoms with E-state index in [1.807, 2.05) is 41.3 Å². The first kappa shape index (κ1) is 17.5. The average Bonchev–Trinajstić information content (AvgIpc) is 3.10. The number of methoxy groups -OCH3 is 1. The maximum atomic E-state index is 12.7. The zero-order valence-corrected chi connectivity index (χ0v) is 15.8. The molecule has 1 saturated heterocycles. The third-order valence-electron chi connectivity index (χ3n) is 4.51. The van der Waals surface area contributed by atoms with Crippen LogP contribution in [0.3, 0.4) is 0 Å². The summed E-state index contributed by atoms with van der Waals surface area (Å²) < 4.78 is 5.13. The Morgan fingerprint density at radius 2 is 2.07 bits per heavy atom. The fraction of sp³-hybridized carbons (Fsp3) is 0.316. The standard InChI is InChI=1S/C19H21N5O2S/c1-26-16-10-9-15-17(22-16)27-18(21-15)23-19(25)24-11-5-8-14(12-24)20-13-6-3-2-4-7-13/h2-4,6-7,9-10,14,20H,5,8,11-12H2,1H3,(H,21,23,25). The molecule has 4 rings (SSSR count). The number of para-hydroxylation sites is 1. The van der Waals surface area contributed by atoms with Crippen molar-refractivity contribution in [3.8, 4) is 5.88 Å². The Kier molecular flexibility index (Phi) is 5.06. The average molecular weight is 383 g/mol. The lowest BCUT2D eigenvalue weighted by Gasteiger charge is -2.33. The number of fused-ring (bicyclic) bond motifs is 1. The van der Waals surface area contributed by atoms with Crippen molar-refractivity contribution in [2.24, 2.45) is 0 Å². The topological polar surface area (TPSA) is 79.4 Å². The molecule has 2 amide bonds. The maximum Gasteiger partial charge on any atom is 0.323 e. The number of hydrogen-bond acceptors (Lipinski definition) is 6. The van der Waals surface area contributed by atoms with E-state index in [4.69, 9.17) is 4.74 Å². The van der Waals surface area contributed by atoms with Gasteiger partial charge < -0.3 is 15.0 Å². The second kappa shape index (κ2) is 7.79. The van der Waals surface area contributed by atoms with Crippen LogP contribution < -0.4 is 15.4 Å². The highest BCUT2D eigenvalue weighted by molar-refractivity contribution is 7.21. The Morgan fingerprint density at radius 3 is 2.89 bits per heavy atom. The van der Waals surface area contributed by atoms with E-state index in [1.165, 1.54) is 11.3 Å². The predicted molar refractivity (Wildman–Crippen MR) is 108 cm³/mol. The fourth-order valence-electron chi connectivity index (χ4n) is 3.19. The molecule has 0 saturated carbocycles. The molecule has 0 bridgehead atoms. The van der Waals surface area contributed by atoms with Crippen molar-refractivity contribution in [2.45, 2.75) is 18.9 Å². The van der Waals surface area contributed by atoms with Crippen LogP contribution in [0.2, 0.25) is 0 Å². The first-order chi connectivity index (χ1) is 13.2. The number of thiazole rings is 1. The van der Waals surface area contributed by atoms with E-state index in [9.17, 15) is 4.79 Å². The van der Waals surface area contributed by atoms with Gasteiger partial charge in [-0.25, -0.2) is 14.8 Å². The largest absolute Gasteiger partial charge is 0.481 e.